The molecular formula is C17H15FN4O2S. The predicted molar refractivity (Wildman–Crippen MR) is 93.8 cm³/mol. The van der Waals surface area contributed by atoms with Gasteiger partial charge in [0.1, 0.15) is 5.82 Å². The number of nitro benzene ring substituents is 1. The lowest BCUT2D eigenvalue weighted by Gasteiger charge is -2.11. The molecule has 1 atom stereocenters. The van der Waals surface area contributed by atoms with Crippen LogP contribution in [0.5, 0.6) is 0 Å². The van der Waals surface area contributed by atoms with Gasteiger partial charge in [0.25, 0.3) is 5.69 Å². The van der Waals surface area contributed by atoms with E-state index in [1.165, 1.54) is 23.9 Å². The SMILES string of the molecule is C[C@@H](Sc1nnc(-c2ccccc2F)n1C)c1cccc([N+](=O)[O-])c1. The zero-order valence-electron chi connectivity index (χ0n) is 13.6. The highest BCUT2D eigenvalue weighted by Crippen LogP contribution is 2.36. The topological polar surface area (TPSA) is 73.8 Å². The summed E-state index contributed by atoms with van der Waals surface area (Å²) in [6.45, 7) is 1.93. The number of nitro groups is 1. The zero-order chi connectivity index (χ0) is 18.0. The van der Waals surface area contributed by atoms with Gasteiger partial charge in [0.05, 0.1) is 10.5 Å². The number of nitrogens with zero attached hydrogens (tertiary/aromatic N) is 4. The highest BCUT2D eigenvalue weighted by Gasteiger charge is 2.18. The molecule has 3 aromatic rings. The molecule has 0 aliphatic heterocycles. The van der Waals surface area contributed by atoms with Crippen LogP contribution in [0.1, 0.15) is 17.7 Å². The molecule has 0 aliphatic carbocycles. The van der Waals surface area contributed by atoms with Gasteiger partial charge >= 0.3 is 0 Å². The molecule has 128 valence electrons. The summed E-state index contributed by atoms with van der Waals surface area (Å²) in [5, 5.41) is 19.7. The Labute approximate surface area is 147 Å². The van der Waals surface area contributed by atoms with Crippen LogP contribution < -0.4 is 0 Å². The molecule has 0 saturated carbocycles. The van der Waals surface area contributed by atoms with Crippen LogP contribution in [0.25, 0.3) is 11.4 Å². The van der Waals surface area contributed by atoms with Gasteiger partial charge in [0.15, 0.2) is 11.0 Å². The van der Waals surface area contributed by atoms with E-state index in [4.69, 9.17) is 0 Å². The van der Waals surface area contributed by atoms with E-state index < -0.39 is 4.92 Å². The largest absolute Gasteiger partial charge is 0.305 e. The molecule has 6 nitrogen and oxygen atoms in total. The molecule has 25 heavy (non-hydrogen) atoms. The molecule has 0 fully saturated rings. The molecule has 2 aromatic carbocycles. The van der Waals surface area contributed by atoms with Crippen molar-refractivity contribution in [2.45, 2.75) is 17.3 Å². The fourth-order valence-electron chi connectivity index (χ4n) is 2.41. The fourth-order valence-corrected chi connectivity index (χ4v) is 3.34. The maximum absolute atomic E-state index is 14.0. The van der Waals surface area contributed by atoms with Crippen LogP contribution in [0.4, 0.5) is 10.1 Å². The molecule has 0 spiro atoms. The van der Waals surface area contributed by atoms with Gasteiger partial charge in [-0.3, -0.25) is 10.1 Å². The molecule has 0 unspecified atom stereocenters. The summed E-state index contributed by atoms with van der Waals surface area (Å²) in [6, 6.07) is 12.9. The first-order valence-corrected chi connectivity index (χ1v) is 8.40. The van der Waals surface area contributed by atoms with Crippen LogP contribution in [0.3, 0.4) is 0 Å². The maximum atomic E-state index is 14.0. The zero-order valence-corrected chi connectivity index (χ0v) is 14.4. The summed E-state index contributed by atoms with van der Waals surface area (Å²) in [6.07, 6.45) is 0. The Kier molecular flexibility index (Phi) is 4.80. The minimum atomic E-state index is -0.417. The second kappa shape index (κ2) is 7.02. The van der Waals surface area contributed by atoms with Gasteiger partial charge in [-0.2, -0.15) is 0 Å². The normalized spacial score (nSPS) is 12.1. The Morgan fingerprint density at radius 1 is 1.20 bits per heavy atom. The smallest absolute Gasteiger partial charge is 0.269 e. The number of thioether (sulfide) groups is 1. The Morgan fingerprint density at radius 3 is 2.68 bits per heavy atom. The summed E-state index contributed by atoms with van der Waals surface area (Å²) in [4.78, 5) is 10.5. The second-order valence-corrected chi connectivity index (χ2v) is 6.77. The Morgan fingerprint density at radius 2 is 1.96 bits per heavy atom. The van der Waals surface area contributed by atoms with Crippen molar-refractivity contribution in [2.24, 2.45) is 7.05 Å². The summed E-state index contributed by atoms with van der Waals surface area (Å²) in [5.41, 5.74) is 1.25. The van der Waals surface area contributed by atoms with Gasteiger partial charge in [-0.05, 0) is 24.6 Å². The summed E-state index contributed by atoms with van der Waals surface area (Å²) >= 11 is 1.41. The van der Waals surface area contributed by atoms with Crippen molar-refractivity contribution >= 4 is 17.4 Å². The molecule has 0 radical (unpaired) electrons. The number of halogens is 1. The average Bonchev–Trinajstić information content (AvgIpc) is 2.96. The minimum Gasteiger partial charge on any atom is -0.305 e. The highest BCUT2D eigenvalue weighted by atomic mass is 32.2. The van der Waals surface area contributed by atoms with E-state index in [9.17, 15) is 14.5 Å². The Hall–Kier alpha value is -2.74. The van der Waals surface area contributed by atoms with Gasteiger partial charge in [-0.25, -0.2) is 4.39 Å². The van der Waals surface area contributed by atoms with Crippen LogP contribution in [0.15, 0.2) is 53.7 Å². The monoisotopic (exact) mass is 358 g/mol. The maximum Gasteiger partial charge on any atom is 0.269 e. The molecule has 8 heteroatoms. The number of rotatable bonds is 5. The quantitative estimate of drug-likeness (QED) is 0.384. The van der Waals surface area contributed by atoms with E-state index >= 15 is 0 Å². The summed E-state index contributed by atoms with van der Waals surface area (Å²) in [5.74, 6) is 0.0770. The van der Waals surface area contributed by atoms with Crippen molar-refractivity contribution in [2.75, 3.05) is 0 Å². The van der Waals surface area contributed by atoms with E-state index in [-0.39, 0.29) is 16.8 Å². The van der Waals surface area contributed by atoms with E-state index in [2.05, 4.69) is 10.2 Å². The van der Waals surface area contributed by atoms with Gasteiger partial charge in [0.2, 0.25) is 0 Å². The van der Waals surface area contributed by atoms with E-state index in [1.807, 2.05) is 13.0 Å². The molecule has 0 N–H and O–H groups in total. The van der Waals surface area contributed by atoms with Crippen molar-refractivity contribution in [3.63, 3.8) is 0 Å². The third-order valence-electron chi connectivity index (χ3n) is 3.78. The number of aromatic nitrogens is 3. The minimum absolute atomic E-state index is 0.0509. The molecule has 1 aromatic heterocycles. The van der Waals surface area contributed by atoms with E-state index in [0.29, 0.717) is 16.5 Å². The molecular weight excluding hydrogens is 343 g/mol. The molecule has 0 saturated heterocycles. The first kappa shape index (κ1) is 17.1. The number of hydrogen-bond donors (Lipinski definition) is 0. The number of non-ortho nitro benzene ring substituents is 1. The highest BCUT2D eigenvalue weighted by molar-refractivity contribution is 7.99. The molecule has 1 heterocycles. The summed E-state index contributed by atoms with van der Waals surface area (Å²) in [7, 11) is 1.77. The first-order chi connectivity index (χ1) is 12.0. The second-order valence-electron chi connectivity index (χ2n) is 5.46. The van der Waals surface area contributed by atoms with Crippen molar-refractivity contribution < 1.29 is 9.31 Å². The van der Waals surface area contributed by atoms with Gasteiger partial charge in [0, 0.05) is 24.4 Å². The lowest BCUT2D eigenvalue weighted by molar-refractivity contribution is -0.384. The molecule has 3 rings (SSSR count). The number of hydrogen-bond acceptors (Lipinski definition) is 5. The standard InChI is InChI=1S/C17H15FN4O2S/c1-11(12-6-5-7-13(10-12)22(23)24)25-17-20-19-16(21(17)2)14-8-3-4-9-15(14)18/h3-11H,1-2H3/t11-/m1/s1. The van der Waals surface area contributed by atoms with Crippen LogP contribution in [-0.2, 0) is 7.05 Å². The lowest BCUT2D eigenvalue weighted by atomic mass is 10.1. The molecule has 0 aliphatic rings. The Balaban J connectivity index is 1.86. The predicted octanol–water partition coefficient (Wildman–Crippen LogP) is 4.38. The van der Waals surface area contributed by atoms with Crippen molar-refractivity contribution in [1.82, 2.24) is 14.8 Å². The van der Waals surface area contributed by atoms with Crippen molar-refractivity contribution in [3.8, 4) is 11.4 Å². The van der Waals surface area contributed by atoms with Crippen LogP contribution in [-0.4, -0.2) is 19.7 Å². The van der Waals surface area contributed by atoms with Gasteiger partial charge < -0.3 is 4.57 Å². The van der Waals surface area contributed by atoms with Crippen molar-refractivity contribution in [3.05, 3.63) is 70.0 Å². The molecule has 0 bridgehead atoms. The first-order valence-electron chi connectivity index (χ1n) is 7.52. The third kappa shape index (κ3) is 3.53. The Bertz CT molecular complexity index is 929. The van der Waals surface area contributed by atoms with Gasteiger partial charge in [-0.15, -0.1) is 10.2 Å². The average molecular weight is 358 g/mol. The van der Waals surface area contributed by atoms with Crippen molar-refractivity contribution in [1.29, 1.82) is 0 Å². The van der Waals surface area contributed by atoms with Crippen LogP contribution in [0, 0.1) is 15.9 Å². The fraction of sp³-hybridized carbons (Fsp3) is 0.176. The van der Waals surface area contributed by atoms with E-state index in [0.717, 1.165) is 5.56 Å². The van der Waals surface area contributed by atoms with E-state index in [1.54, 1.807) is 41.9 Å². The lowest BCUT2D eigenvalue weighted by Crippen LogP contribution is -1.98. The van der Waals surface area contributed by atoms with Crippen LogP contribution in [0.2, 0.25) is 0 Å². The van der Waals surface area contributed by atoms with Crippen LogP contribution >= 0.6 is 11.8 Å². The van der Waals surface area contributed by atoms with Gasteiger partial charge in [-0.1, -0.05) is 36.0 Å². The third-order valence-corrected chi connectivity index (χ3v) is 4.97. The summed E-state index contributed by atoms with van der Waals surface area (Å²) < 4.78 is 15.7. The molecule has 0 amide bonds. The number of benzene rings is 2.